The first-order valence-corrected chi connectivity index (χ1v) is 8.29. The van der Waals surface area contributed by atoms with Gasteiger partial charge in [-0.25, -0.2) is 0 Å². The van der Waals surface area contributed by atoms with Gasteiger partial charge in [0.05, 0.1) is 0 Å². The number of hydrogen-bond acceptors (Lipinski definition) is 3. The van der Waals surface area contributed by atoms with E-state index in [0.717, 1.165) is 38.8 Å². The summed E-state index contributed by atoms with van der Waals surface area (Å²) in [5.41, 5.74) is 1.28. The van der Waals surface area contributed by atoms with Crippen molar-refractivity contribution in [3.63, 3.8) is 0 Å². The molecule has 0 bridgehead atoms. The number of thiophene rings is 1. The first-order chi connectivity index (χ1) is 9.75. The van der Waals surface area contributed by atoms with Crippen LogP contribution < -0.4 is 0 Å². The molecule has 2 fully saturated rings. The molecule has 1 atom stereocenters. The summed E-state index contributed by atoms with van der Waals surface area (Å²) < 4.78 is 0. The molecule has 4 nitrogen and oxygen atoms in total. The lowest BCUT2D eigenvalue weighted by Gasteiger charge is -2.34. The Balaban J connectivity index is 1.68. The van der Waals surface area contributed by atoms with E-state index >= 15 is 0 Å². The number of hydrogen-bond donors (Lipinski definition) is 0. The average molecular weight is 292 g/mol. The Hall–Kier alpha value is -1.36. The Morgan fingerprint density at radius 1 is 1.25 bits per heavy atom. The van der Waals surface area contributed by atoms with Crippen molar-refractivity contribution in [2.75, 3.05) is 19.6 Å². The van der Waals surface area contributed by atoms with Crippen LogP contribution >= 0.6 is 11.3 Å². The lowest BCUT2D eigenvalue weighted by Crippen LogP contribution is -2.50. The predicted octanol–water partition coefficient (Wildman–Crippen LogP) is 1.90. The topological polar surface area (TPSA) is 40.6 Å². The van der Waals surface area contributed by atoms with Gasteiger partial charge < -0.3 is 9.80 Å². The number of nitrogens with zero attached hydrogens (tertiary/aromatic N) is 2. The van der Waals surface area contributed by atoms with Crippen LogP contribution in [0.1, 0.15) is 31.2 Å². The van der Waals surface area contributed by atoms with Crippen LogP contribution in [0.4, 0.5) is 0 Å². The molecule has 3 rings (SSSR count). The second-order valence-electron chi connectivity index (χ2n) is 5.56. The van der Waals surface area contributed by atoms with Gasteiger partial charge in [-0.3, -0.25) is 9.59 Å². The van der Waals surface area contributed by atoms with Crippen LogP contribution in [-0.2, 0) is 16.0 Å². The maximum atomic E-state index is 12.6. The number of carbonyl (C=O) groups excluding carboxylic acids is 2. The number of carbonyl (C=O) groups is 2. The van der Waals surface area contributed by atoms with E-state index in [4.69, 9.17) is 0 Å². The predicted molar refractivity (Wildman–Crippen MR) is 78.6 cm³/mol. The lowest BCUT2D eigenvalue weighted by molar-refractivity contribution is -0.143. The van der Waals surface area contributed by atoms with Crippen LogP contribution in [0.2, 0.25) is 0 Å². The van der Waals surface area contributed by atoms with Crippen molar-refractivity contribution >= 4 is 23.2 Å². The fourth-order valence-corrected chi connectivity index (χ4v) is 3.81. The Kier molecular flexibility index (Phi) is 4.05. The van der Waals surface area contributed by atoms with Crippen molar-refractivity contribution in [3.8, 4) is 0 Å². The maximum absolute atomic E-state index is 12.6. The van der Waals surface area contributed by atoms with Crippen LogP contribution in [0.5, 0.6) is 0 Å². The van der Waals surface area contributed by atoms with Gasteiger partial charge in [0.25, 0.3) is 0 Å². The molecular formula is C15H20N2O2S. The summed E-state index contributed by atoms with van der Waals surface area (Å²) in [5.74, 6) is 0.312. The van der Waals surface area contributed by atoms with E-state index in [9.17, 15) is 9.59 Å². The third kappa shape index (κ3) is 2.73. The molecule has 108 valence electrons. The number of amides is 2. The van der Waals surface area contributed by atoms with E-state index < -0.39 is 0 Å². The smallest absolute Gasteiger partial charge is 0.245 e. The normalized spacial score (nSPS) is 23.7. The van der Waals surface area contributed by atoms with Gasteiger partial charge in [-0.15, -0.1) is 0 Å². The van der Waals surface area contributed by atoms with Crippen LogP contribution in [0.3, 0.4) is 0 Å². The zero-order valence-electron chi connectivity index (χ0n) is 11.6. The number of piperidine rings is 1. The van der Waals surface area contributed by atoms with Gasteiger partial charge in [0.15, 0.2) is 0 Å². The minimum absolute atomic E-state index is 0.154. The van der Waals surface area contributed by atoms with Gasteiger partial charge >= 0.3 is 0 Å². The zero-order valence-corrected chi connectivity index (χ0v) is 12.4. The van der Waals surface area contributed by atoms with Gasteiger partial charge in [-0.1, -0.05) is 0 Å². The average Bonchev–Trinajstić information content (AvgIpc) is 2.96. The highest BCUT2D eigenvalue weighted by atomic mass is 32.1. The highest BCUT2D eigenvalue weighted by Crippen LogP contribution is 2.23. The van der Waals surface area contributed by atoms with Gasteiger partial charge in [-0.2, -0.15) is 11.3 Å². The highest BCUT2D eigenvalue weighted by molar-refractivity contribution is 7.07. The summed E-state index contributed by atoms with van der Waals surface area (Å²) in [6, 6.07) is 1.91. The summed E-state index contributed by atoms with van der Waals surface area (Å²) in [6.45, 7) is 2.07. The first kappa shape index (κ1) is 13.6. The third-order valence-electron chi connectivity index (χ3n) is 4.27. The van der Waals surface area contributed by atoms with Crippen LogP contribution in [0.15, 0.2) is 16.8 Å². The van der Waals surface area contributed by atoms with Crippen molar-refractivity contribution < 1.29 is 9.59 Å². The van der Waals surface area contributed by atoms with Crippen molar-refractivity contribution in [1.82, 2.24) is 9.80 Å². The lowest BCUT2D eigenvalue weighted by atomic mass is 10.0. The van der Waals surface area contributed by atoms with Crippen molar-refractivity contribution in [3.05, 3.63) is 22.4 Å². The van der Waals surface area contributed by atoms with E-state index in [1.54, 1.807) is 11.3 Å². The first-order valence-electron chi connectivity index (χ1n) is 7.35. The Morgan fingerprint density at radius 3 is 2.95 bits per heavy atom. The van der Waals surface area contributed by atoms with E-state index in [1.807, 2.05) is 9.80 Å². The molecule has 0 saturated carbocycles. The standard InChI is InChI=1S/C15H20N2O2S/c18-14-5-9-16(8-4-12-6-10-20-11-12)15(19)13-3-1-2-7-17(13)14/h6,10-11,13H,1-5,7-9H2. The van der Waals surface area contributed by atoms with Crippen LogP contribution in [-0.4, -0.2) is 47.3 Å². The largest absolute Gasteiger partial charge is 0.340 e. The molecule has 3 heterocycles. The van der Waals surface area contributed by atoms with E-state index in [1.165, 1.54) is 5.56 Å². The van der Waals surface area contributed by atoms with Gasteiger partial charge in [0.1, 0.15) is 6.04 Å². The zero-order chi connectivity index (χ0) is 13.9. The van der Waals surface area contributed by atoms with Crippen LogP contribution in [0, 0.1) is 0 Å². The Bertz CT molecular complexity index is 486. The van der Waals surface area contributed by atoms with E-state index in [2.05, 4.69) is 16.8 Å². The van der Waals surface area contributed by atoms with Gasteiger partial charge in [0.2, 0.25) is 11.8 Å². The molecule has 20 heavy (non-hydrogen) atoms. The number of fused-ring (bicyclic) bond motifs is 1. The minimum Gasteiger partial charge on any atom is -0.340 e. The molecule has 1 aromatic rings. The molecule has 0 N–H and O–H groups in total. The molecule has 0 aliphatic carbocycles. The summed E-state index contributed by atoms with van der Waals surface area (Å²) in [4.78, 5) is 28.5. The molecule has 2 aliphatic heterocycles. The van der Waals surface area contributed by atoms with Crippen molar-refractivity contribution in [2.45, 2.75) is 38.1 Å². The van der Waals surface area contributed by atoms with Gasteiger partial charge in [-0.05, 0) is 48.1 Å². The molecule has 2 saturated heterocycles. The second-order valence-corrected chi connectivity index (χ2v) is 6.34. The van der Waals surface area contributed by atoms with Gasteiger partial charge in [0, 0.05) is 26.1 Å². The molecule has 2 aliphatic rings. The maximum Gasteiger partial charge on any atom is 0.245 e. The van der Waals surface area contributed by atoms with E-state index in [-0.39, 0.29) is 17.9 Å². The molecule has 1 aromatic heterocycles. The molecule has 2 amide bonds. The summed E-state index contributed by atoms with van der Waals surface area (Å²) in [5, 5.41) is 4.19. The molecule has 0 spiro atoms. The quantitative estimate of drug-likeness (QED) is 0.854. The summed E-state index contributed by atoms with van der Waals surface area (Å²) >= 11 is 1.68. The SMILES string of the molecule is O=C1C2CCCCN2C(=O)CCN1CCc1ccsc1. The highest BCUT2D eigenvalue weighted by Gasteiger charge is 2.37. The number of rotatable bonds is 3. The monoisotopic (exact) mass is 292 g/mol. The third-order valence-corrected chi connectivity index (χ3v) is 5.00. The fraction of sp³-hybridized carbons (Fsp3) is 0.600. The fourth-order valence-electron chi connectivity index (χ4n) is 3.10. The molecule has 1 unspecified atom stereocenters. The van der Waals surface area contributed by atoms with Crippen molar-refractivity contribution in [1.29, 1.82) is 0 Å². The molecule has 0 aromatic carbocycles. The van der Waals surface area contributed by atoms with Crippen LogP contribution in [0.25, 0.3) is 0 Å². The minimum atomic E-state index is -0.193. The van der Waals surface area contributed by atoms with E-state index in [0.29, 0.717) is 13.0 Å². The Morgan fingerprint density at radius 2 is 2.15 bits per heavy atom. The summed E-state index contributed by atoms with van der Waals surface area (Å²) in [7, 11) is 0. The summed E-state index contributed by atoms with van der Waals surface area (Å²) in [6.07, 6.45) is 4.28. The Labute approximate surface area is 123 Å². The molecular weight excluding hydrogens is 272 g/mol. The van der Waals surface area contributed by atoms with Crippen molar-refractivity contribution in [2.24, 2.45) is 0 Å². The second kappa shape index (κ2) is 5.95. The molecule has 5 heteroatoms. The molecule has 0 radical (unpaired) electrons.